The fourth-order valence-corrected chi connectivity index (χ4v) is 1.25. The van der Waals surface area contributed by atoms with E-state index in [0.29, 0.717) is 0 Å². The van der Waals surface area contributed by atoms with Gasteiger partial charge < -0.3 is 10.1 Å². The number of nitrogens with one attached hydrogen (secondary N) is 1. The topological polar surface area (TPSA) is 21.3 Å². The lowest BCUT2D eigenvalue weighted by Gasteiger charge is -2.05. The Morgan fingerprint density at radius 3 is 2.47 bits per heavy atom. The quantitative estimate of drug-likeness (QED) is 0.813. The number of unbranched alkanes of at least 4 members (excludes halogenated alkanes) is 1. The Bertz CT molecular complexity index is 253. The third-order valence-electron chi connectivity index (χ3n) is 1.90. The predicted octanol–water partition coefficient (Wildman–Crippen LogP) is 3.30. The predicted molar refractivity (Wildman–Crippen MR) is 70.4 cm³/mol. The van der Waals surface area contributed by atoms with Crippen LogP contribution in [0.15, 0.2) is 24.3 Å². The molecule has 0 aromatic heterocycles. The summed E-state index contributed by atoms with van der Waals surface area (Å²) in [6, 6.07) is 7.45. The van der Waals surface area contributed by atoms with Crippen LogP contribution >= 0.6 is 28.6 Å². The maximum atomic E-state index is 5.75. The van der Waals surface area contributed by atoms with Crippen molar-refractivity contribution in [3.63, 3.8) is 0 Å². The molecule has 2 nitrogen and oxygen atoms in total. The molecule has 0 saturated carbocycles. The normalized spacial score (nSPS) is 9.47. The lowest BCUT2D eigenvalue weighted by molar-refractivity contribution is 0.306. The van der Waals surface area contributed by atoms with Crippen LogP contribution in [0.3, 0.4) is 0 Å². The summed E-state index contributed by atoms with van der Waals surface area (Å²) in [6.45, 7) is 1.81. The number of halogens is 2. The summed E-state index contributed by atoms with van der Waals surface area (Å²) in [5.41, 5.74) is 0. The molecule has 0 fully saturated rings. The van der Waals surface area contributed by atoms with Crippen molar-refractivity contribution in [1.29, 1.82) is 0 Å². The maximum absolute atomic E-state index is 5.75. The van der Waals surface area contributed by atoms with Crippen LogP contribution in [-0.2, 0) is 0 Å². The van der Waals surface area contributed by atoms with Gasteiger partial charge in [-0.25, -0.2) is 0 Å². The molecular formula is C11H17BrClNO. The number of rotatable bonds is 6. The molecule has 1 rings (SSSR count). The summed E-state index contributed by atoms with van der Waals surface area (Å²) < 4.78 is 5.52. The third kappa shape index (κ3) is 6.77. The zero-order chi connectivity index (χ0) is 10.2. The summed E-state index contributed by atoms with van der Waals surface area (Å²) in [6.07, 6.45) is 2.22. The minimum atomic E-state index is 0. The van der Waals surface area contributed by atoms with Gasteiger partial charge in [0, 0.05) is 5.02 Å². The summed E-state index contributed by atoms with van der Waals surface area (Å²) in [5.74, 6) is 0.888. The number of benzene rings is 1. The van der Waals surface area contributed by atoms with Gasteiger partial charge in [0.1, 0.15) is 5.75 Å². The van der Waals surface area contributed by atoms with E-state index in [-0.39, 0.29) is 17.0 Å². The summed E-state index contributed by atoms with van der Waals surface area (Å²) >= 11 is 5.75. The molecule has 0 atom stereocenters. The van der Waals surface area contributed by atoms with E-state index in [1.54, 1.807) is 0 Å². The molecule has 1 aromatic carbocycles. The molecule has 0 spiro atoms. The summed E-state index contributed by atoms with van der Waals surface area (Å²) in [5, 5.41) is 3.84. The second-order valence-corrected chi connectivity index (χ2v) is 3.55. The molecular weight excluding hydrogens is 277 g/mol. The van der Waals surface area contributed by atoms with Crippen LogP contribution in [0.25, 0.3) is 0 Å². The SMILES string of the molecule is Br.CNCCCCOc1ccc(Cl)cc1. The molecule has 15 heavy (non-hydrogen) atoms. The van der Waals surface area contributed by atoms with Gasteiger partial charge in [0.05, 0.1) is 6.61 Å². The van der Waals surface area contributed by atoms with E-state index in [9.17, 15) is 0 Å². The van der Waals surface area contributed by atoms with Gasteiger partial charge in [-0.15, -0.1) is 17.0 Å². The van der Waals surface area contributed by atoms with Crippen molar-refractivity contribution in [3.8, 4) is 5.75 Å². The molecule has 0 heterocycles. The van der Waals surface area contributed by atoms with Crippen LogP contribution in [0.2, 0.25) is 5.02 Å². The lowest BCUT2D eigenvalue weighted by atomic mass is 10.3. The molecule has 0 unspecified atom stereocenters. The van der Waals surface area contributed by atoms with E-state index in [4.69, 9.17) is 16.3 Å². The molecule has 0 aliphatic carbocycles. The zero-order valence-electron chi connectivity index (χ0n) is 8.83. The Morgan fingerprint density at radius 2 is 1.87 bits per heavy atom. The Labute approximate surface area is 107 Å². The Kier molecular flexibility index (Phi) is 8.86. The highest BCUT2D eigenvalue weighted by Gasteiger charge is 1.93. The van der Waals surface area contributed by atoms with Crippen molar-refractivity contribution in [3.05, 3.63) is 29.3 Å². The first-order valence-electron chi connectivity index (χ1n) is 4.86. The molecule has 0 aliphatic heterocycles. The highest BCUT2D eigenvalue weighted by atomic mass is 79.9. The third-order valence-corrected chi connectivity index (χ3v) is 2.16. The van der Waals surface area contributed by atoms with Crippen molar-refractivity contribution in [1.82, 2.24) is 5.32 Å². The van der Waals surface area contributed by atoms with Crippen LogP contribution < -0.4 is 10.1 Å². The average Bonchev–Trinajstić information content (AvgIpc) is 2.21. The molecule has 0 aliphatic rings. The van der Waals surface area contributed by atoms with Crippen molar-refractivity contribution >= 4 is 28.6 Å². The first kappa shape index (κ1) is 14.8. The minimum absolute atomic E-state index is 0. The average molecular weight is 295 g/mol. The Hall–Kier alpha value is -0.250. The Balaban J connectivity index is 0.00000196. The van der Waals surface area contributed by atoms with Crippen molar-refractivity contribution in [2.45, 2.75) is 12.8 Å². The first-order valence-corrected chi connectivity index (χ1v) is 5.23. The van der Waals surface area contributed by atoms with Gasteiger partial charge in [-0.1, -0.05) is 11.6 Å². The molecule has 0 saturated heterocycles. The maximum Gasteiger partial charge on any atom is 0.119 e. The highest BCUT2D eigenvalue weighted by Crippen LogP contribution is 2.15. The number of hydrogen-bond donors (Lipinski definition) is 1. The molecule has 0 amide bonds. The van der Waals surface area contributed by atoms with E-state index < -0.39 is 0 Å². The fourth-order valence-electron chi connectivity index (χ4n) is 1.12. The van der Waals surface area contributed by atoms with E-state index in [2.05, 4.69) is 5.32 Å². The van der Waals surface area contributed by atoms with Gasteiger partial charge in [0.25, 0.3) is 0 Å². The molecule has 4 heteroatoms. The van der Waals surface area contributed by atoms with Gasteiger partial charge in [-0.2, -0.15) is 0 Å². The highest BCUT2D eigenvalue weighted by molar-refractivity contribution is 8.93. The van der Waals surface area contributed by atoms with Crippen molar-refractivity contribution in [2.75, 3.05) is 20.2 Å². The van der Waals surface area contributed by atoms with Crippen LogP contribution in [0.4, 0.5) is 0 Å². The molecule has 86 valence electrons. The van der Waals surface area contributed by atoms with E-state index >= 15 is 0 Å². The lowest BCUT2D eigenvalue weighted by Crippen LogP contribution is -2.09. The van der Waals surface area contributed by atoms with Crippen LogP contribution in [0.1, 0.15) is 12.8 Å². The van der Waals surface area contributed by atoms with E-state index in [1.807, 2.05) is 31.3 Å². The van der Waals surface area contributed by atoms with Gasteiger partial charge >= 0.3 is 0 Å². The Morgan fingerprint density at radius 1 is 1.20 bits per heavy atom. The van der Waals surface area contributed by atoms with Gasteiger partial charge in [-0.05, 0) is 50.7 Å². The molecule has 1 N–H and O–H groups in total. The second kappa shape index (κ2) is 9.01. The largest absolute Gasteiger partial charge is 0.494 e. The summed E-state index contributed by atoms with van der Waals surface area (Å²) in [4.78, 5) is 0. The van der Waals surface area contributed by atoms with E-state index in [0.717, 1.165) is 36.8 Å². The first-order chi connectivity index (χ1) is 6.83. The molecule has 0 radical (unpaired) electrons. The minimum Gasteiger partial charge on any atom is -0.494 e. The zero-order valence-corrected chi connectivity index (χ0v) is 11.3. The van der Waals surface area contributed by atoms with Crippen LogP contribution in [-0.4, -0.2) is 20.2 Å². The van der Waals surface area contributed by atoms with Crippen LogP contribution in [0, 0.1) is 0 Å². The molecule has 1 aromatic rings. The standard InChI is InChI=1S/C11H16ClNO.BrH/c1-13-8-2-3-9-14-11-6-4-10(12)5-7-11;/h4-7,13H,2-3,8-9H2,1H3;1H. The van der Waals surface area contributed by atoms with Gasteiger partial charge in [0.15, 0.2) is 0 Å². The smallest absolute Gasteiger partial charge is 0.119 e. The molecule has 0 bridgehead atoms. The van der Waals surface area contributed by atoms with Crippen LogP contribution in [0.5, 0.6) is 5.75 Å². The van der Waals surface area contributed by atoms with Crippen molar-refractivity contribution in [2.24, 2.45) is 0 Å². The second-order valence-electron chi connectivity index (χ2n) is 3.11. The monoisotopic (exact) mass is 293 g/mol. The number of hydrogen-bond acceptors (Lipinski definition) is 2. The van der Waals surface area contributed by atoms with E-state index in [1.165, 1.54) is 0 Å². The van der Waals surface area contributed by atoms with Gasteiger partial charge in [0.2, 0.25) is 0 Å². The summed E-state index contributed by atoms with van der Waals surface area (Å²) in [7, 11) is 1.96. The van der Waals surface area contributed by atoms with Gasteiger partial charge in [-0.3, -0.25) is 0 Å². The van der Waals surface area contributed by atoms with Crippen molar-refractivity contribution < 1.29 is 4.74 Å². The number of ether oxygens (including phenoxy) is 1. The fraction of sp³-hybridized carbons (Fsp3) is 0.455.